The lowest BCUT2D eigenvalue weighted by molar-refractivity contribution is 0.177. The Bertz CT molecular complexity index is 965. The van der Waals surface area contributed by atoms with Crippen LogP contribution in [0.25, 0.3) is 0 Å². The summed E-state index contributed by atoms with van der Waals surface area (Å²) >= 11 is 6.19. The summed E-state index contributed by atoms with van der Waals surface area (Å²) in [6.07, 6.45) is 2.55. The predicted molar refractivity (Wildman–Crippen MR) is 134 cm³/mol. The second-order valence-corrected chi connectivity index (χ2v) is 10.0. The third-order valence-corrected chi connectivity index (χ3v) is 7.67. The topological polar surface area (TPSA) is 6.48 Å². The van der Waals surface area contributed by atoms with Crippen molar-refractivity contribution in [1.82, 2.24) is 9.80 Å². The van der Waals surface area contributed by atoms with Crippen molar-refractivity contribution in [2.45, 2.75) is 31.2 Å². The van der Waals surface area contributed by atoms with Crippen molar-refractivity contribution >= 4 is 11.6 Å². The van der Waals surface area contributed by atoms with Crippen molar-refractivity contribution < 1.29 is 0 Å². The summed E-state index contributed by atoms with van der Waals surface area (Å²) in [6, 6.07) is 30.6. The molecule has 2 nitrogen and oxygen atoms in total. The third-order valence-electron chi connectivity index (χ3n) is 7.42. The standard InChI is InChI=1S/C29H33ClN2/c30-28-13-11-26(12-14-28)29-22-32(19-23-7-3-1-4-8-23)21-27(29)20-31-17-15-25(16-18-31)24-9-5-2-6-10-24/h1-14,25,27,29H,15-22H2/t27-,29+/m0/s1. The van der Waals surface area contributed by atoms with E-state index in [4.69, 9.17) is 11.6 Å². The maximum atomic E-state index is 6.19. The molecule has 32 heavy (non-hydrogen) atoms. The Morgan fingerprint density at radius 1 is 0.688 bits per heavy atom. The third kappa shape index (κ3) is 5.26. The molecule has 2 heterocycles. The molecular formula is C29H33ClN2. The van der Waals surface area contributed by atoms with E-state index in [1.54, 1.807) is 0 Å². The lowest BCUT2D eigenvalue weighted by Crippen LogP contribution is -2.38. The number of halogens is 1. The molecule has 0 aliphatic carbocycles. The van der Waals surface area contributed by atoms with E-state index in [1.165, 1.54) is 55.7 Å². The van der Waals surface area contributed by atoms with Crippen LogP contribution in [0.15, 0.2) is 84.9 Å². The molecule has 166 valence electrons. The van der Waals surface area contributed by atoms with Gasteiger partial charge in [0.25, 0.3) is 0 Å². The molecule has 0 unspecified atom stereocenters. The smallest absolute Gasteiger partial charge is 0.0406 e. The molecule has 0 spiro atoms. The Morgan fingerprint density at radius 3 is 2.03 bits per heavy atom. The van der Waals surface area contributed by atoms with E-state index < -0.39 is 0 Å². The molecule has 2 saturated heterocycles. The molecule has 2 atom stereocenters. The van der Waals surface area contributed by atoms with Crippen molar-refractivity contribution in [3.05, 3.63) is 107 Å². The summed E-state index contributed by atoms with van der Waals surface area (Å²) in [4.78, 5) is 5.37. The number of hydrogen-bond donors (Lipinski definition) is 0. The van der Waals surface area contributed by atoms with Crippen LogP contribution in [0.2, 0.25) is 5.02 Å². The fourth-order valence-electron chi connectivity index (χ4n) is 5.71. The van der Waals surface area contributed by atoms with E-state index in [-0.39, 0.29) is 0 Å². The van der Waals surface area contributed by atoms with Gasteiger partial charge in [-0.3, -0.25) is 4.90 Å². The van der Waals surface area contributed by atoms with Crippen molar-refractivity contribution in [3.8, 4) is 0 Å². The Hall–Kier alpha value is -2.13. The molecule has 0 saturated carbocycles. The van der Waals surface area contributed by atoms with Gasteiger partial charge in [-0.1, -0.05) is 84.4 Å². The molecule has 0 radical (unpaired) electrons. The van der Waals surface area contributed by atoms with Gasteiger partial charge in [0.05, 0.1) is 0 Å². The molecule has 0 aromatic heterocycles. The second kappa shape index (κ2) is 10.2. The average Bonchev–Trinajstić information content (AvgIpc) is 3.23. The summed E-state index contributed by atoms with van der Waals surface area (Å²) in [5.74, 6) is 1.95. The van der Waals surface area contributed by atoms with Gasteiger partial charge in [-0.25, -0.2) is 0 Å². The average molecular weight is 445 g/mol. The maximum absolute atomic E-state index is 6.19. The maximum Gasteiger partial charge on any atom is 0.0406 e. The van der Waals surface area contributed by atoms with Crippen LogP contribution in [0.3, 0.4) is 0 Å². The Labute approximate surface area is 197 Å². The van der Waals surface area contributed by atoms with Crippen molar-refractivity contribution in [2.24, 2.45) is 5.92 Å². The van der Waals surface area contributed by atoms with Gasteiger partial charge in [-0.15, -0.1) is 0 Å². The van der Waals surface area contributed by atoms with E-state index in [9.17, 15) is 0 Å². The summed E-state index contributed by atoms with van der Waals surface area (Å²) in [5.41, 5.74) is 4.36. The normalized spacial score (nSPS) is 22.9. The zero-order chi connectivity index (χ0) is 21.8. The molecule has 0 N–H and O–H groups in total. The van der Waals surface area contributed by atoms with Crippen molar-refractivity contribution in [1.29, 1.82) is 0 Å². The summed E-state index contributed by atoms with van der Waals surface area (Å²) in [5, 5.41) is 0.826. The highest BCUT2D eigenvalue weighted by molar-refractivity contribution is 6.30. The Morgan fingerprint density at radius 2 is 1.34 bits per heavy atom. The van der Waals surface area contributed by atoms with E-state index in [2.05, 4.69) is 94.7 Å². The van der Waals surface area contributed by atoms with Crippen molar-refractivity contribution in [2.75, 3.05) is 32.7 Å². The molecule has 0 bridgehead atoms. The molecule has 3 heteroatoms. The first-order valence-corrected chi connectivity index (χ1v) is 12.4. The summed E-state index contributed by atoms with van der Waals surface area (Å²) in [7, 11) is 0. The van der Waals surface area contributed by atoms with Crippen LogP contribution in [-0.2, 0) is 6.54 Å². The second-order valence-electron chi connectivity index (χ2n) is 9.58. The van der Waals surface area contributed by atoms with E-state index in [0.29, 0.717) is 11.8 Å². The fraction of sp³-hybridized carbons (Fsp3) is 0.379. The molecule has 3 aromatic rings. The van der Waals surface area contributed by atoms with Gasteiger partial charge in [-0.05, 0) is 66.6 Å². The van der Waals surface area contributed by atoms with E-state index in [1.807, 2.05) is 0 Å². The number of rotatable bonds is 6. The van der Waals surface area contributed by atoms with E-state index in [0.717, 1.165) is 24.0 Å². The van der Waals surface area contributed by atoms with Crippen LogP contribution >= 0.6 is 11.6 Å². The number of piperidine rings is 1. The minimum atomic E-state index is 0.572. The Balaban J connectivity index is 1.25. The quantitative estimate of drug-likeness (QED) is 0.432. The van der Waals surface area contributed by atoms with Gasteiger partial charge in [0.2, 0.25) is 0 Å². The monoisotopic (exact) mass is 444 g/mol. The lowest BCUT2D eigenvalue weighted by Gasteiger charge is -2.35. The zero-order valence-electron chi connectivity index (χ0n) is 18.7. The highest BCUT2D eigenvalue weighted by atomic mass is 35.5. The molecule has 0 amide bonds. The van der Waals surface area contributed by atoms with Gasteiger partial charge >= 0.3 is 0 Å². The number of benzene rings is 3. The highest BCUT2D eigenvalue weighted by Crippen LogP contribution is 2.36. The molecule has 2 fully saturated rings. The summed E-state index contributed by atoms with van der Waals surface area (Å²) < 4.78 is 0. The number of hydrogen-bond acceptors (Lipinski definition) is 2. The predicted octanol–water partition coefficient (Wildman–Crippen LogP) is 6.44. The van der Waals surface area contributed by atoms with Crippen LogP contribution in [0.4, 0.5) is 0 Å². The first kappa shape index (κ1) is 21.7. The minimum Gasteiger partial charge on any atom is -0.303 e. The summed E-state index contributed by atoms with van der Waals surface area (Å²) in [6.45, 7) is 6.95. The zero-order valence-corrected chi connectivity index (χ0v) is 19.5. The SMILES string of the molecule is Clc1ccc([C@H]2CN(Cc3ccccc3)C[C@@H]2CN2CCC(c3ccccc3)CC2)cc1. The first-order valence-electron chi connectivity index (χ1n) is 12.0. The van der Waals surface area contributed by atoms with Crippen LogP contribution in [0.5, 0.6) is 0 Å². The van der Waals surface area contributed by atoms with Crippen molar-refractivity contribution in [3.63, 3.8) is 0 Å². The number of nitrogens with zero attached hydrogens (tertiary/aromatic N) is 2. The molecular weight excluding hydrogens is 412 g/mol. The fourth-order valence-corrected chi connectivity index (χ4v) is 5.84. The van der Waals surface area contributed by atoms with Gasteiger partial charge < -0.3 is 4.90 Å². The van der Waals surface area contributed by atoms with Crippen LogP contribution in [-0.4, -0.2) is 42.5 Å². The lowest BCUT2D eigenvalue weighted by atomic mass is 9.86. The minimum absolute atomic E-state index is 0.572. The highest BCUT2D eigenvalue weighted by Gasteiger charge is 2.35. The van der Waals surface area contributed by atoms with Crippen LogP contribution in [0, 0.1) is 5.92 Å². The molecule has 2 aliphatic rings. The van der Waals surface area contributed by atoms with Gasteiger partial charge in [0, 0.05) is 37.1 Å². The first-order chi connectivity index (χ1) is 15.7. The Kier molecular flexibility index (Phi) is 6.92. The molecule has 5 rings (SSSR count). The van der Waals surface area contributed by atoms with Gasteiger partial charge in [0.15, 0.2) is 0 Å². The van der Waals surface area contributed by atoms with Gasteiger partial charge in [-0.2, -0.15) is 0 Å². The van der Waals surface area contributed by atoms with Crippen LogP contribution < -0.4 is 0 Å². The van der Waals surface area contributed by atoms with E-state index >= 15 is 0 Å². The van der Waals surface area contributed by atoms with Crippen LogP contribution in [0.1, 0.15) is 41.4 Å². The molecule has 3 aromatic carbocycles. The number of likely N-dealkylation sites (tertiary alicyclic amines) is 2. The molecule has 2 aliphatic heterocycles. The largest absolute Gasteiger partial charge is 0.303 e. The van der Waals surface area contributed by atoms with Gasteiger partial charge in [0.1, 0.15) is 0 Å².